The maximum atomic E-state index is 13.6. The van der Waals surface area contributed by atoms with Crippen molar-refractivity contribution in [3.63, 3.8) is 0 Å². The molecule has 0 aliphatic heterocycles. The lowest BCUT2D eigenvalue weighted by atomic mass is 10.1. The molecular formula is C17H18ClFN2O4S. The molecule has 1 aliphatic rings. The van der Waals surface area contributed by atoms with Crippen molar-refractivity contribution in [1.29, 1.82) is 0 Å². The fourth-order valence-electron chi connectivity index (χ4n) is 3.07. The maximum absolute atomic E-state index is 13.6. The summed E-state index contributed by atoms with van der Waals surface area (Å²) >= 11 is 5.78. The number of halogens is 2. The Morgan fingerprint density at radius 2 is 2.00 bits per heavy atom. The van der Waals surface area contributed by atoms with E-state index in [1.165, 1.54) is 18.2 Å². The van der Waals surface area contributed by atoms with Crippen LogP contribution in [-0.2, 0) is 27.6 Å². The van der Waals surface area contributed by atoms with Crippen LogP contribution < -0.4 is 4.72 Å². The molecule has 1 aromatic heterocycles. The number of carbonyl (C=O) groups excluding carboxylic acids is 1. The van der Waals surface area contributed by atoms with Gasteiger partial charge in [0.2, 0.25) is 0 Å². The summed E-state index contributed by atoms with van der Waals surface area (Å²) in [6.45, 7) is 3.47. The van der Waals surface area contributed by atoms with E-state index in [0.29, 0.717) is 18.5 Å². The topological polar surface area (TPSA) is 88.3 Å². The van der Waals surface area contributed by atoms with Gasteiger partial charge in [-0.3, -0.25) is 0 Å². The number of rotatable bonds is 5. The molecule has 0 fully saturated rings. The Labute approximate surface area is 155 Å². The quantitative estimate of drug-likeness (QED) is 0.755. The number of carbonyl (C=O) groups is 1. The number of fused-ring (bicyclic) bond motifs is 1. The second-order valence-corrected chi connectivity index (χ2v) is 8.24. The highest BCUT2D eigenvalue weighted by Crippen LogP contribution is 2.28. The number of aromatic nitrogens is 1. The number of H-pyrrole nitrogens is 1. The summed E-state index contributed by atoms with van der Waals surface area (Å²) in [4.78, 5) is 14.6. The summed E-state index contributed by atoms with van der Waals surface area (Å²) in [6.07, 6.45) is 0.784. The van der Waals surface area contributed by atoms with Gasteiger partial charge >= 0.3 is 5.97 Å². The van der Waals surface area contributed by atoms with E-state index in [2.05, 4.69) is 9.71 Å². The van der Waals surface area contributed by atoms with Gasteiger partial charge in [-0.2, -0.15) is 0 Å². The normalized spacial score (nSPS) is 16.5. The molecule has 3 rings (SSSR count). The number of esters is 1. The number of ether oxygens (including phenoxy) is 1. The number of hydrogen-bond donors (Lipinski definition) is 2. The number of hydrogen-bond acceptors (Lipinski definition) is 4. The highest BCUT2D eigenvalue weighted by Gasteiger charge is 2.29. The second kappa shape index (κ2) is 7.02. The predicted octanol–water partition coefficient (Wildman–Crippen LogP) is 2.74. The van der Waals surface area contributed by atoms with Crippen LogP contribution in [-0.4, -0.2) is 32.0 Å². The Kier molecular flexibility index (Phi) is 5.09. The van der Waals surface area contributed by atoms with Gasteiger partial charge in [-0.05, 0) is 56.0 Å². The third-order valence-corrected chi connectivity index (χ3v) is 6.00. The highest BCUT2D eigenvalue weighted by atomic mass is 35.5. The van der Waals surface area contributed by atoms with Crippen molar-refractivity contribution in [3.8, 4) is 0 Å². The zero-order valence-corrected chi connectivity index (χ0v) is 15.8. The number of benzene rings is 1. The molecule has 26 heavy (non-hydrogen) atoms. The Hall–Kier alpha value is -1.90. The van der Waals surface area contributed by atoms with Gasteiger partial charge in [0.05, 0.1) is 17.2 Å². The Bertz CT molecular complexity index is 940. The molecule has 2 aromatic rings. The molecule has 6 nitrogen and oxygen atoms in total. The highest BCUT2D eigenvalue weighted by molar-refractivity contribution is 7.89. The monoisotopic (exact) mass is 400 g/mol. The number of aryl methyl sites for hydroxylation is 1. The van der Waals surface area contributed by atoms with Gasteiger partial charge in [0.15, 0.2) is 0 Å². The SMILES string of the molecule is CCOC(=O)c1cc(S(=O)(=O)N[C@@H]2Cc3cc(F)c(Cl)cc3C2)[nH]c1C. The van der Waals surface area contributed by atoms with E-state index < -0.39 is 27.9 Å². The van der Waals surface area contributed by atoms with Crippen LogP contribution in [0.2, 0.25) is 5.02 Å². The number of nitrogens with one attached hydrogen (secondary N) is 2. The molecule has 1 heterocycles. The minimum Gasteiger partial charge on any atom is -0.462 e. The van der Waals surface area contributed by atoms with Crippen LogP contribution in [0.1, 0.15) is 34.1 Å². The smallest absolute Gasteiger partial charge is 0.339 e. The molecule has 0 amide bonds. The van der Waals surface area contributed by atoms with Crippen molar-refractivity contribution >= 4 is 27.6 Å². The van der Waals surface area contributed by atoms with Gasteiger partial charge in [0, 0.05) is 11.7 Å². The summed E-state index contributed by atoms with van der Waals surface area (Å²) < 4.78 is 46.3. The van der Waals surface area contributed by atoms with E-state index >= 15 is 0 Å². The average Bonchev–Trinajstić information content (AvgIpc) is 3.11. The van der Waals surface area contributed by atoms with E-state index in [-0.39, 0.29) is 22.2 Å². The van der Waals surface area contributed by atoms with Crippen molar-refractivity contribution in [2.75, 3.05) is 6.61 Å². The van der Waals surface area contributed by atoms with E-state index in [1.54, 1.807) is 13.8 Å². The third-order valence-electron chi connectivity index (χ3n) is 4.27. The van der Waals surface area contributed by atoms with Crippen molar-refractivity contribution < 1.29 is 22.3 Å². The van der Waals surface area contributed by atoms with Crippen LogP contribution in [0.4, 0.5) is 4.39 Å². The summed E-state index contributed by atoms with van der Waals surface area (Å²) in [5.41, 5.74) is 2.14. The van der Waals surface area contributed by atoms with Gasteiger partial charge in [0.25, 0.3) is 10.0 Å². The Morgan fingerprint density at radius 3 is 2.65 bits per heavy atom. The molecule has 1 aliphatic carbocycles. The lowest BCUT2D eigenvalue weighted by molar-refractivity contribution is 0.0525. The van der Waals surface area contributed by atoms with Crippen molar-refractivity contribution in [3.05, 3.63) is 51.4 Å². The van der Waals surface area contributed by atoms with E-state index in [4.69, 9.17) is 16.3 Å². The van der Waals surface area contributed by atoms with Crippen LogP contribution in [0.5, 0.6) is 0 Å². The molecule has 9 heteroatoms. The maximum Gasteiger partial charge on any atom is 0.339 e. The standard InChI is InChI=1S/C17H18ClFN2O4S/c1-3-25-17(22)13-8-16(20-9(13)2)26(23,24)21-12-4-10-6-14(18)15(19)7-11(10)5-12/h6-8,12,20-21H,3-5H2,1-2H3/t12-/m0/s1. The predicted molar refractivity (Wildman–Crippen MR) is 94.4 cm³/mol. The first-order chi connectivity index (χ1) is 12.2. The zero-order valence-electron chi connectivity index (χ0n) is 14.2. The molecule has 1 atom stereocenters. The lowest BCUT2D eigenvalue weighted by Gasteiger charge is -2.11. The number of aromatic amines is 1. The van der Waals surface area contributed by atoms with Crippen molar-refractivity contribution in [2.24, 2.45) is 0 Å². The summed E-state index contributed by atoms with van der Waals surface area (Å²) in [5, 5.41) is -0.0930. The molecular weight excluding hydrogens is 383 g/mol. The first-order valence-corrected chi connectivity index (χ1v) is 9.93. The van der Waals surface area contributed by atoms with Crippen LogP contribution >= 0.6 is 11.6 Å². The third kappa shape index (κ3) is 3.62. The average molecular weight is 401 g/mol. The summed E-state index contributed by atoms with van der Waals surface area (Å²) in [5.74, 6) is -1.10. The van der Waals surface area contributed by atoms with Gasteiger partial charge in [0.1, 0.15) is 10.8 Å². The summed E-state index contributed by atoms with van der Waals surface area (Å²) in [6, 6.07) is 3.71. The molecule has 140 valence electrons. The minimum absolute atomic E-state index is 0.0197. The van der Waals surface area contributed by atoms with Crippen molar-refractivity contribution in [1.82, 2.24) is 9.71 Å². The largest absolute Gasteiger partial charge is 0.462 e. The molecule has 0 radical (unpaired) electrons. The van der Waals surface area contributed by atoms with Crippen LogP contribution in [0, 0.1) is 12.7 Å². The lowest BCUT2D eigenvalue weighted by Crippen LogP contribution is -2.35. The van der Waals surface area contributed by atoms with Crippen LogP contribution in [0.15, 0.2) is 23.2 Å². The molecule has 0 saturated carbocycles. The molecule has 0 saturated heterocycles. The first kappa shape index (κ1) is 18.9. The van der Waals surface area contributed by atoms with Gasteiger partial charge in [-0.25, -0.2) is 22.3 Å². The molecule has 1 aromatic carbocycles. The van der Waals surface area contributed by atoms with Crippen LogP contribution in [0.3, 0.4) is 0 Å². The Morgan fingerprint density at radius 1 is 1.35 bits per heavy atom. The molecule has 0 bridgehead atoms. The fraction of sp³-hybridized carbons (Fsp3) is 0.353. The number of sulfonamides is 1. The van der Waals surface area contributed by atoms with Crippen molar-refractivity contribution in [2.45, 2.75) is 37.8 Å². The van der Waals surface area contributed by atoms with Gasteiger partial charge < -0.3 is 9.72 Å². The van der Waals surface area contributed by atoms with Gasteiger partial charge in [-0.1, -0.05) is 11.6 Å². The minimum atomic E-state index is -3.87. The Balaban J connectivity index is 1.78. The first-order valence-electron chi connectivity index (χ1n) is 8.07. The van der Waals surface area contributed by atoms with E-state index in [1.807, 2.05) is 0 Å². The molecule has 2 N–H and O–H groups in total. The van der Waals surface area contributed by atoms with E-state index in [9.17, 15) is 17.6 Å². The second-order valence-electron chi connectivity index (χ2n) is 6.15. The van der Waals surface area contributed by atoms with Gasteiger partial charge in [-0.15, -0.1) is 0 Å². The van der Waals surface area contributed by atoms with E-state index in [0.717, 1.165) is 11.1 Å². The molecule has 0 spiro atoms. The zero-order chi connectivity index (χ0) is 19.1. The van der Waals surface area contributed by atoms with Crippen LogP contribution in [0.25, 0.3) is 0 Å². The summed E-state index contributed by atoms with van der Waals surface area (Å²) in [7, 11) is -3.87. The fourth-order valence-corrected chi connectivity index (χ4v) is 4.55. The molecule has 0 unspecified atom stereocenters.